The molecule has 0 spiro atoms. The van der Waals surface area contributed by atoms with Gasteiger partial charge in [-0.05, 0) is 32.9 Å². The minimum atomic E-state index is -0.485. The van der Waals surface area contributed by atoms with E-state index in [2.05, 4.69) is 25.8 Å². The average Bonchev–Trinajstić information content (AvgIpc) is 2.53. The van der Waals surface area contributed by atoms with Crippen LogP contribution in [0.15, 0.2) is 23.3 Å². The number of hydrogen-bond donors (Lipinski definition) is 0. The molecule has 1 amide bonds. The highest BCUT2D eigenvalue weighted by atomic mass is 79.9. The van der Waals surface area contributed by atoms with Crippen LogP contribution in [-0.2, 0) is 4.74 Å². The number of pyridine rings is 1. The average molecular weight is 386 g/mol. The summed E-state index contributed by atoms with van der Waals surface area (Å²) in [5.41, 5.74) is 0.721. The molecule has 2 heterocycles. The summed E-state index contributed by atoms with van der Waals surface area (Å²) < 4.78 is 18.8. The molecule has 2 rings (SSSR count). The van der Waals surface area contributed by atoms with Gasteiger partial charge in [-0.2, -0.15) is 0 Å². The summed E-state index contributed by atoms with van der Waals surface area (Å²) in [7, 11) is 0. The maximum atomic E-state index is 13.4. The number of hydrogen-bond acceptors (Lipinski definition) is 4. The number of carbonyl (C=O) groups is 1. The fourth-order valence-electron chi connectivity index (χ4n) is 2.24. The van der Waals surface area contributed by atoms with Gasteiger partial charge in [0.2, 0.25) is 0 Å². The minimum Gasteiger partial charge on any atom is -0.444 e. The van der Waals surface area contributed by atoms with Gasteiger partial charge in [0.15, 0.2) is 5.83 Å². The Kier molecular flexibility index (Phi) is 5.62. The second kappa shape index (κ2) is 7.29. The first-order valence-corrected chi connectivity index (χ1v) is 8.37. The molecule has 23 heavy (non-hydrogen) atoms. The molecule has 0 bridgehead atoms. The summed E-state index contributed by atoms with van der Waals surface area (Å²) in [4.78, 5) is 21.2. The van der Waals surface area contributed by atoms with E-state index in [-0.39, 0.29) is 11.8 Å². The summed E-state index contributed by atoms with van der Waals surface area (Å²) in [5.74, 6) is -0.411. The molecule has 1 saturated heterocycles. The third-order valence-corrected chi connectivity index (χ3v) is 3.79. The highest BCUT2D eigenvalue weighted by molar-refractivity contribution is 9.11. The summed E-state index contributed by atoms with van der Waals surface area (Å²) in [6, 6.07) is 3.48. The van der Waals surface area contributed by atoms with E-state index < -0.39 is 11.4 Å². The molecule has 1 fully saturated rings. The van der Waals surface area contributed by atoms with Crippen molar-refractivity contribution in [1.82, 2.24) is 9.88 Å². The Balaban J connectivity index is 1.93. The van der Waals surface area contributed by atoms with Crippen molar-refractivity contribution >= 4 is 33.5 Å². The highest BCUT2D eigenvalue weighted by Gasteiger charge is 2.26. The summed E-state index contributed by atoms with van der Waals surface area (Å²) in [5, 5.41) is 0. The van der Waals surface area contributed by atoms with Crippen molar-refractivity contribution < 1.29 is 13.9 Å². The van der Waals surface area contributed by atoms with Crippen LogP contribution >= 0.6 is 15.9 Å². The molecule has 0 aromatic carbocycles. The second-order valence-electron chi connectivity index (χ2n) is 6.31. The van der Waals surface area contributed by atoms with Crippen molar-refractivity contribution in [1.29, 1.82) is 0 Å². The van der Waals surface area contributed by atoms with Gasteiger partial charge in [0.1, 0.15) is 5.60 Å². The zero-order valence-electron chi connectivity index (χ0n) is 13.6. The van der Waals surface area contributed by atoms with E-state index in [9.17, 15) is 9.18 Å². The monoisotopic (exact) mass is 385 g/mol. The van der Waals surface area contributed by atoms with E-state index in [1.54, 1.807) is 17.2 Å². The third-order valence-electron chi connectivity index (χ3n) is 3.38. The zero-order valence-corrected chi connectivity index (χ0v) is 15.1. The molecule has 1 aromatic heterocycles. The smallest absolute Gasteiger partial charge is 0.410 e. The molecule has 5 nitrogen and oxygen atoms in total. The van der Waals surface area contributed by atoms with Gasteiger partial charge in [-0.1, -0.05) is 15.9 Å². The molecule has 0 N–H and O–H groups in total. The quantitative estimate of drug-likeness (QED) is 0.776. The van der Waals surface area contributed by atoms with E-state index in [0.29, 0.717) is 26.2 Å². The molecule has 0 radical (unpaired) electrons. The topological polar surface area (TPSA) is 45.7 Å². The van der Waals surface area contributed by atoms with Crippen LogP contribution < -0.4 is 4.90 Å². The number of amides is 1. The van der Waals surface area contributed by atoms with Crippen LogP contribution in [0, 0.1) is 0 Å². The molecule has 1 aliphatic rings. The van der Waals surface area contributed by atoms with Crippen LogP contribution in [0.5, 0.6) is 0 Å². The van der Waals surface area contributed by atoms with Crippen molar-refractivity contribution in [2.45, 2.75) is 26.4 Å². The number of piperazine rings is 1. The number of rotatable bonds is 2. The maximum absolute atomic E-state index is 13.4. The standard InChI is InChI=1S/C16H21BrFN3O2/c1-16(2,3)23-15(22)21-8-6-20(7-9-21)12-4-5-14(19-11-12)13(18)10-17/h4-5,10-11H,6-9H2,1-3H3/b13-10-. The third kappa shape index (κ3) is 4.92. The van der Waals surface area contributed by atoms with Gasteiger partial charge in [-0.25, -0.2) is 9.18 Å². The molecule has 0 aliphatic carbocycles. The van der Waals surface area contributed by atoms with Gasteiger partial charge in [-0.3, -0.25) is 4.98 Å². The molecule has 0 unspecified atom stereocenters. The second-order valence-corrected chi connectivity index (χ2v) is 6.77. The van der Waals surface area contributed by atoms with Gasteiger partial charge in [-0.15, -0.1) is 0 Å². The zero-order chi connectivity index (χ0) is 17.0. The number of aromatic nitrogens is 1. The number of ether oxygens (including phenoxy) is 1. The van der Waals surface area contributed by atoms with Crippen LogP contribution in [0.25, 0.3) is 5.83 Å². The Bertz CT molecular complexity index is 576. The number of carbonyl (C=O) groups excluding carboxylic acids is 1. The van der Waals surface area contributed by atoms with Crippen molar-refractivity contribution in [2.24, 2.45) is 0 Å². The lowest BCUT2D eigenvalue weighted by molar-refractivity contribution is 0.0240. The molecule has 126 valence electrons. The Morgan fingerprint density at radius 2 is 1.96 bits per heavy atom. The van der Waals surface area contributed by atoms with Crippen molar-refractivity contribution in [2.75, 3.05) is 31.1 Å². The number of nitrogens with zero attached hydrogens (tertiary/aromatic N) is 3. The van der Waals surface area contributed by atoms with E-state index in [1.807, 2.05) is 26.8 Å². The first-order chi connectivity index (χ1) is 10.8. The van der Waals surface area contributed by atoms with E-state index in [1.165, 1.54) is 4.99 Å². The molecular weight excluding hydrogens is 365 g/mol. The van der Waals surface area contributed by atoms with Crippen LogP contribution in [0.3, 0.4) is 0 Å². The van der Waals surface area contributed by atoms with Gasteiger partial charge in [0.25, 0.3) is 0 Å². The Labute approximate surface area is 144 Å². The molecule has 1 aliphatic heterocycles. The van der Waals surface area contributed by atoms with Crippen molar-refractivity contribution in [3.8, 4) is 0 Å². The molecular formula is C16H21BrFN3O2. The molecule has 7 heteroatoms. The van der Waals surface area contributed by atoms with E-state index >= 15 is 0 Å². The molecule has 0 atom stereocenters. The van der Waals surface area contributed by atoms with Crippen LogP contribution in [0.1, 0.15) is 26.5 Å². The summed E-state index contributed by atoms with van der Waals surface area (Å²) in [6.07, 6.45) is 1.37. The van der Waals surface area contributed by atoms with Gasteiger partial charge in [0.05, 0.1) is 17.6 Å². The normalized spacial score (nSPS) is 16.5. The Morgan fingerprint density at radius 1 is 1.30 bits per heavy atom. The summed E-state index contributed by atoms with van der Waals surface area (Å²) >= 11 is 2.95. The van der Waals surface area contributed by atoms with Crippen molar-refractivity contribution in [3.05, 3.63) is 29.0 Å². The van der Waals surface area contributed by atoms with Crippen LogP contribution in [0.2, 0.25) is 0 Å². The minimum absolute atomic E-state index is 0.282. The lowest BCUT2D eigenvalue weighted by Gasteiger charge is -2.36. The number of anilines is 1. The van der Waals surface area contributed by atoms with Crippen LogP contribution in [0.4, 0.5) is 14.9 Å². The highest BCUT2D eigenvalue weighted by Crippen LogP contribution is 2.21. The van der Waals surface area contributed by atoms with Crippen LogP contribution in [-0.4, -0.2) is 47.8 Å². The predicted octanol–water partition coefficient (Wildman–Crippen LogP) is 3.80. The van der Waals surface area contributed by atoms with Crippen molar-refractivity contribution in [3.63, 3.8) is 0 Å². The van der Waals surface area contributed by atoms with E-state index in [4.69, 9.17) is 4.74 Å². The largest absolute Gasteiger partial charge is 0.444 e. The lowest BCUT2D eigenvalue weighted by Crippen LogP contribution is -2.50. The van der Waals surface area contributed by atoms with Gasteiger partial charge in [0, 0.05) is 31.2 Å². The van der Waals surface area contributed by atoms with Gasteiger partial charge < -0.3 is 14.5 Å². The molecule has 1 aromatic rings. The SMILES string of the molecule is CC(C)(C)OC(=O)N1CCN(c2ccc(/C(F)=C/Br)nc2)CC1. The van der Waals surface area contributed by atoms with E-state index in [0.717, 1.165) is 5.69 Å². The lowest BCUT2D eigenvalue weighted by atomic mass is 10.2. The first kappa shape index (κ1) is 17.7. The molecule has 0 saturated carbocycles. The van der Waals surface area contributed by atoms with Gasteiger partial charge >= 0.3 is 6.09 Å². The Hall–Kier alpha value is -1.63. The fourth-order valence-corrected chi connectivity index (χ4v) is 2.48. The number of halogens is 2. The summed E-state index contributed by atoms with van der Waals surface area (Å²) in [6.45, 7) is 8.13. The predicted molar refractivity (Wildman–Crippen MR) is 92.3 cm³/mol. The fraction of sp³-hybridized carbons (Fsp3) is 0.500. The maximum Gasteiger partial charge on any atom is 0.410 e. The Morgan fingerprint density at radius 3 is 2.43 bits per heavy atom. The first-order valence-electron chi connectivity index (χ1n) is 7.45.